The first-order valence-electron chi connectivity index (χ1n) is 9.64. The number of hydrogen-bond acceptors (Lipinski definition) is 6. The molecule has 3 aromatic rings. The van der Waals surface area contributed by atoms with E-state index in [2.05, 4.69) is 57.6 Å². The summed E-state index contributed by atoms with van der Waals surface area (Å²) in [4.78, 5) is 15.6. The molecule has 1 saturated carbocycles. The van der Waals surface area contributed by atoms with E-state index in [0.717, 1.165) is 39.8 Å². The highest BCUT2D eigenvalue weighted by Gasteiger charge is 2.36. The van der Waals surface area contributed by atoms with Crippen molar-refractivity contribution >= 4 is 72.6 Å². The molecule has 2 atom stereocenters. The van der Waals surface area contributed by atoms with Crippen LogP contribution in [0.25, 0.3) is 10.2 Å². The molecule has 0 radical (unpaired) electrons. The van der Waals surface area contributed by atoms with Crippen LogP contribution in [0.4, 0.5) is 5.69 Å². The second-order valence-corrected chi connectivity index (χ2v) is 11.4. The number of halogens is 2. The number of carboxylic acid groups (broad SMARTS) is 1. The molecule has 0 bridgehead atoms. The van der Waals surface area contributed by atoms with Crippen molar-refractivity contribution in [2.45, 2.75) is 51.6 Å². The van der Waals surface area contributed by atoms with Crippen LogP contribution in [-0.2, 0) is 11.3 Å². The third-order valence-corrected chi connectivity index (χ3v) is 8.86. The minimum atomic E-state index is -0.250. The Balaban J connectivity index is 0.000000806. The fourth-order valence-electron chi connectivity index (χ4n) is 3.96. The van der Waals surface area contributed by atoms with Gasteiger partial charge in [-0.05, 0) is 52.1 Å². The van der Waals surface area contributed by atoms with Crippen LogP contribution in [0.1, 0.15) is 48.8 Å². The summed E-state index contributed by atoms with van der Waals surface area (Å²) < 4.78 is 2.21. The summed E-state index contributed by atoms with van der Waals surface area (Å²) in [5, 5.41) is 13.0. The molecule has 1 aliphatic carbocycles. The monoisotopic (exact) mass is 529 g/mol. The van der Waals surface area contributed by atoms with Gasteiger partial charge in [0.15, 0.2) is 0 Å². The van der Waals surface area contributed by atoms with Crippen molar-refractivity contribution in [1.29, 1.82) is 0 Å². The summed E-state index contributed by atoms with van der Waals surface area (Å²) in [6, 6.07) is 6.31. The lowest BCUT2D eigenvalue weighted by Crippen LogP contribution is -2.38. The van der Waals surface area contributed by atoms with E-state index in [1.54, 1.807) is 22.7 Å². The number of fused-ring (bicyclic) bond motifs is 1. The van der Waals surface area contributed by atoms with Gasteiger partial charge in [-0.25, -0.2) is 4.98 Å². The van der Waals surface area contributed by atoms with Crippen molar-refractivity contribution in [3.63, 3.8) is 0 Å². The Labute approximate surface area is 197 Å². The molecule has 3 heterocycles. The minimum Gasteiger partial charge on any atom is -0.483 e. The molecule has 0 unspecified atom stereocenters. The number of aromatic nitrogens is 1. The Kier molecular flexibility index (Phi) is 7.79. The highest BCUT2D eigenvalue weighted by Crippen LogP contribution is 2.49. The molecule has 0 aromatic carbocycles. The van der Waals surface area contributed by atoms with Crippen molar-refractivity contribution in [2.24, 2.45) is 11.1 Å². The number of carbonyl (C=O) groups is 1. The lowest BCUT2D eigenvalue weighted by molar-refractivity contribution is -0.122. The van der Waals surface area contributed by atoms with E-state index in [0.29, 0.717) is 16.5 Å². The van der Waals surface area contributed by atoms with Crippen LogP contribution in [0.2, 0.25) is 5.15 Å². The predicted octanol–water partition coefficient (Wildman–Crippen LogP) is 6.71. The average Bonchev–Trinajstić information content (AvgIpc) is 3.29. The van der Waals surface area contributed by atoms with Gasteiger partial charge in [0.2, 0.25) is 0 Å². The molecule has 4 rings (SSSR count). The zero-order chi connectivity index (χ0) is 21.9. The van der Waals surface area contributed by atoms with Gasteiger partial charge in [0, 0.05) is 34.3 Å². The number of pyridine rings is 1. The minimum absolute atomic E-state index is 0.177. The zero-order valence-electron chi connectivity index (χ0n) is 16.8. The highest BCUT2D eigenvalue weighted by atomic mass is 79.9. The second-order valence-electron chi connectivity index (χ2n) is 8.17. The summed E-state index contributed by atoms with van der Waals surface area (Å²) in [7, 11) is 0. The molecule has 5 nitrogen and oxygen atoms in total. The van der Waals surface area contributed by atoms with E-state index < -0.39 is 0 Å². The van der Waals surface area contributed by atoms with E-state index in [1.165, 1.54) is 16.2 Å². The highest BCUT2D eigenvalue weighted by molar-refractivity contribution is 9.10. The van der Waals surface area contributed by atoms with Crippen LogP contribution in [-0.4, -0.2) is 22.6 Å². The first kappa shape index (κ1) is 23.5. The van der Waals surface area contributed by atoms with Crippen LogP contribution >= 0.6 is 50.2 Å². The van der Waals surface area contributed by atoms with E-state index >= 15 is 0 Å². The van der Waals surface area contributed by atoms with Crippen LogP contribution < -0.4 is 11.1 Å². The van der Waals surface area contributed by atoms with E-state index in [-0.39, 0.29) is 12.5 Å². The third kappa shape index (κ3) is 5.34. The predicted molar refractivity (Wildman–Crippen MR) is 131 cm³/mol. The Morgan fingerprint density at radius 2 is 2.23 bits per heavy atom. The van der Waals surface area contributed by atoms with E-state index in [4.69, 9.17) is 27.2 Å². The summed E-state index contributed by atoms with van der Waals surface area (Å²) in [5.74, 6) is 0.371. The second kappa shape index (κ2) is 9.96. The molecule has 0 spiro atoms. The maximum absolute atomic E-state index is 8.36. The molecule has 0 amide bonds. The van der Waals surface area contributed by atoms with Crippen molar-refractivity contribution < 1.29 is 9.90 Å². The van der Waals surface area contributed by atoms with Crippen molar-refractivity contribution in [3.8, 4) is 0 Å². The van der Waals surface area contributed by atoms with Gasteiger partial charge < -0.3 is 16.2 Å². The van der Waals surface area contributed by atoms with Crippen molar-refractivity contribution in [3.05, 3.63) is 43.0 Å². The van der Waals surface area contributed by atoms with Crippen LogP contribution in [0, 0.1) is 5.41 Å². The van der Waals surface area contributed by atoms with Gasteiger partial charge >= 0.3 is 0 Å². The Morgan fingerprint density at radius 3 is 2.87 bits per heavy atom. The molecule has 1 aliphatic rings. The number of anilines is 1. The lowest BCUT2D eigenvalue weighted by atomic mass is 9.70. The number of nitrogens with zero attached hydrogens (tertiary/aromatic N) is 1. The first-order valence-corrected chi connectivity index (χ1v) is 12.5. The van der Waals surface area contributed by atoms with Gasteiger partial charge in [-0.2, -0.15) is 0 Å². The molecule has 4 N–H and O–H groups in total. The molecule has 9 heteroatoms. The van der Waals surface area contributed by atoms with Gasteiger partial charge in [-0.15, -0.1) is 22.7 Å². The van der Waals surface area contributed by atoms with E-state index in [1.807, 2.05) is 6.07 Å². The molecule has 1 fully saturated rings. The lowest BCUT2D eigenvalue weighted by Gasteiger charge is -2.38. The van der Waals surface area contributed by atoms with Gasteiger partial charge in [0.1, 0.15) is 5.15 Å². The molecule has 0 aliphatic heterocycles. The number of nitrogens with one attached hydrogen (secondary N) is 1. The normalized spacial score (nSPS) is 20.4. The topological polar surface area (TPSA) is 88.2 Å². The fraction of sp³-hybridized carbons (Fsp3) is 0.429. The molecular formula is C21H25BrClN3O2S2. The van der Waals surface area contributed by atoms with Gasteiger partial charge in [0.05, 0.1) is 20.4 Å². The first-order chi connectivity index (χ1) is 14.3. The smallest absolute Gasteiger partial charge is 0.290 e. The number of hydrogen-bond donors (Lipinski definition) is 3. The number of thiophene rings is 2. The summed E-state index contributed by atoms with van der Waals surface area (Å²) in [6.45, 7) is 5.17. The average molecular weight is 531 g/mol. The molecule has 30 heavy (non-hydrogen) atoms. The largest absolute Gasteiger partial charge is 0.483 e. The summed E-state index contributed by atoms with van der Waals surface area (Å²) in [5.41, 5.74) is 8.90. The zero-order valence-corrected chi connectivity index (χ0v) is 20.8. The van der Waals surface area contributed by atoms with Gasteiger partial charge in [-0.3, -0.25) is 4.79 Å². The molecule has 3 aromatic heterocycles. The van der Waals surface area contributed by atoms with Crippen LogP contribution in [0.5, 0.6) is 0 Å². The van der Waals surface area contributed by atoms with E-state index in [9.17, 15) is 0 Å². The van der Waals surface area contributed by atoms with Gasteiger partial charge in [-0.1, -0.05) is 31.5 Å². The Morgan fingerprint density at radius 1 is 1.50 bits per heavy atom. The molecule has 0 saturated heterocycles. The fourth-order valence-corrected chi connectivity index (χ4v) is 7.09. The standard InChI is InChI=1S/C20H23BrClN3S2.CH2O2/c1-20(2)6-5-12(13(23)9-20)18-16(21)17-19(27-18)14(8-15(22)25-17)24-10-11-4-3-7-26-11;2-1-3/h3-4,7-8,12-13H,5-6,9-10,23H2,1-2H3,(H,24,25);1H,(H,2,3)/t12-,13-;/m1./s1. The molecule has 162 valence electrons. The quantitative estimate of drug-likeness (QED) is 0.258. The van der Waals surface area contributed by atoms with Crippen molar-refractivity contribution in [1.82, 2.24) is 4.98 Å². The van der Waals surface area contributed by atoms with Crippen LogP contribution in [0.3, 0.4) is 0 Å². The number of rotatable bonds is 4. The van der Waals surface area contributed by atoms with Crippen LogP contribution in [0.15, 0.2) is 28.1 Å². The Hall–Kier alpha value is -1.19. The van der Waals surface area contributed by atoms with Crippen molar-refractivity contribution in [2.75, 3.05) is 5.32 Å². The summed E-state index contributed by atoms with van der Waals surface area (Å²) >= 11 is 13.7. The Bertz CT molecular complexity index is 1010. The maximum atomic E-state index is 8.36. The molecular weight excluding hydrogens is 506 g/mol. The third-order valence-electron chi connectivity index (χ3n) is 5.39. The summed E-state index contributed by atoms with van der Waals surface area (Å²) in [6.07, 6.45) is 3.37. The SMILES string of the molecule is CC1(C)CC[C@@H](c2sc3c(NCc4cccs4)cc(Cl)nc3c2Br)[C@H](N)C1.O=CO. The maximum Gasteiger partial charge on any atom is 0.290 e. The number of nitrogens with two attached hydrogens (primary N) is 1. The van der Waals surface area contributed by atoms with Gasteiger partial charge in [0.25, 0.3) is 6.47 Å².